The highest BCUT2D eigenvalue weighted by molar-refractivity contribution is 6.42. The number of amides is 3. The van der Waals surface area contributed by atoms with Gasteiger partial charge in [-0.1, -0.05) is 35.0 Å². The summed E-state index contributed by atoms with van der Waals surface area (Å²) in [6.07, 6.45) is -0.131. The monoisotopic (exact) mass is 392 g/mol. The standard InChI is InChI=1S/C18H18Cl2N4O2/c1-13(2-3-14-4-5-15(19)16(20)12-14)22-18(26)24-10-8-23(9-11-24)17(25)6-7-21/h4-5,12-13H,6,8-11H2,1H3,(H,22,26). The Morgan fingerprint density at radius 3 is 2.46 bits per heavy atom. The first-order chi connectivity index (χ1) is 12.4. The number of rotatable bonds is 2. The molecule has 0 aromatic heterocycles. The van der Waals surface area contributed by atoms with Crippen LogP contribution in [0.15, 0.2) is 18.2 Å². The van der Waals surface area contributed by atoms with Crippen LogP contribution in [-0.2, 0) is 4.79 Å². The van der Waals surface area contributed by atoms with E-state index in [1.165, 1.54) is 0 Å². The number of nitrogens with one attached hydrogen (secondary N) is 1. The van der Waals surface area contributed by atoms with Crippen LogP contribution in [0.3, 0.4) is 0 Å². The van der Waals surface area contributed by atoms with E-state index >= 15 is 0 Å². The molecule has 1 atom stereocenters. The highest BCUT2D eigenvalue weighted by Gasteiger charge is 2.24. The number of carbonyl (C=O) groups excluding carboxylic acids is 2. The lowest BCUT2D eigenvalue weighted by molar-refractivity contribution is -0.131. The summed E-state index contributed by atoms with van der Waals surface area (Å²) in [7, 11) is 0. The van der Waals surface area contributed by atoms with Gasteiger partial charge in [-0.2, -0.15) is 5.26 Å². The summed E-state index contributed by atoms with van der Waals surface area (Å²) in [6, 6.07) is 6.36. The van der Waals surface area contributed by atoms with Gasteiger partial charge in [0.05, 0.1) is 22.2 Å². The molecule has 6 nitrogen and oxygen atoms in total. The molecular formula is C18H18Cl2N4O2. The molecule has 3 amide bonds. The molecule has 0 bridgehead atoms. The van der Waals surface area contributed by atoms with Crippen LogP contribution in [-0.4, -0.2) is 54.0 Å². The molecular weight excluding hydrogens is 375 g/mol. The Morgan fingerprint density at radius 1 is 1.19 bits per heavy atom. The minimum Gasteiger partial charge on any atom is -0.338 e. The predicted molar refractivity (Wildman–Crippen MR) is 99.7 cm³/mol. The van der Waals surface area contributed by atoms with Crippen LogP contribution in [0.2, 0.25) is 10.0 Å². The van der Waals surface area contributed by atoms with Gasteiger partial charge in [0.15, 0.2) is 0 Å². The van der Waals surface area contributed by atoms with E-state index in [9.17, 15) is 9.59 Å². The summed E-state index contributed by atoms with van der Waals surface area (Å²) in [5.41, 5.74) is 0.713. The lowest BCUT2D eigenvalue weighted by Gasteiger charge is -2.34. The summed E-state index contributed by atoms with van der Waals surface area (Å²) < 4.78 is 0. The quantitative estimate of drug-likeness (QED) is 0.785. The number of piperazine rings is 1. The maximum absolute atomic E-state index is 12.3. The Balaban J connectivity index is 1.85. The molecule has 0 radical (unpaired) electrons. The SMILES string of the molecule is CC(C#Cc1ccc(Cl)c(Cl)c1)NC(=O)N1CCN(C(=O)CC#N)CC1. The first kappa shape index (κ1) is 19.9. The van der Waals surface area contributed by atoms with E-state index in [2.05, 4.69) is 17.2 Å². The van der Waals surface area contributed by atoms with Gasteiger partial charge in [0.25, 0.3) is 0 Å². The molecule has 1 aromatic rings. The van der Waals surface area contributed by atoms with Gasteiger partial charge in [-0.05, 0) is 25.1 Å². The molecule has 2 rings (SSSR count). The molecule has 0 saturated carbocycles. The zero-order chi connectivity index (χ0) is 19.1. The van der Waals surface area contributed by atoms with Gasteiger partial charge in [0.1, 0.15) is 6.42 Å². The normalized spacial score (nSPS) is 14.7. The fourth-order valence-corrected chi connectivity index (χ4v) is 2.71. The summed E-state index contributed by atoms with van der Waals surface area (Å²) >= 11 is 11.8. The Morgan fingerprint density at radius 2 is 1.85 bits per heavy atom. The molecule has 1 unspecified atom stereocenters. The molecule has 0 spiro atoms. The van der Waals surface area contributed by atoms with E-state index in [4.69, 9.17) is 28.5 Å². The number of carbonyl (C=O) groups is 2. The van der Waals surface area contributed by atoms with Crippen LogP contribution in [0.25, 0.3) is 0 Å². The third-order valence-electron chi connectivity index (χ3n) is 3.84. The highest BCUT2D eigenvalue weighted by atomic mass is 35.5. The van der Waals surface area contributed by atoms with Gasteiger partial charge in [-0.15, -0.1) is 0 Å². The van der Waals surface area contributed by atoms with Crippen molar-refractivity contribution in [3.05, 3.63) is 33.8 Å². The summed E-state index contributed by atoms with van der Waals surface area (Å²) in [5, 5.41) is 12.3. The first-order valence-electron chi connectivity index (χ1n) is 8.07. The van der Waals surface area contributed by atoms with Crippen molar-refractivity contribution in [1.82, 2.24) is 15.1 Å². The maximum atomic E-state index is 12.3. The summed E-state index contributed by atoms with van der Waals surface area (Å²) in [6.45, 7) is 3.50. The third-order valence-corrected chi connectivity index (χ3v) is 4.58. The third kappa shape index (κ3) is 5.56. The molecule has 26 heavy (non-hydrogen) atoms. The summed E-state index contributed by atoms with van der Waals surface area (Å²) in [5.74, 6) is 5.69. The Kier molecular flexibility index (Phi) is 7.15. The van der Waals surface area contributed by atoms with Crippen molar-refractivity contribution in [2.75, 3.05) is 26.2 Å². The number of halogens is 2. The molecule has 1 aliphatic rings. The molecule has 1 heterocycles. The second-order valence-electron chi connectivity index (χ2n) is 5.77. The van der Waals surface area contributed by atoms with Gasteiger partial charge in [-0.3, -0.25) is 4.79 Å². The van der Waals surface area contributed by atoms with E-state index in [-0.39, 0.29) is 24.4 Å². The van der Waals surface area contributed by atoms with Crippen LogP contribution in [0.5, 0.6) is 0 Å². The van der Waals surface area contributed by atoms with Crippen LogP contribution in [0.1, 0.15) is 18.9 Å². The van der Waals surface area contributed by atoms with Crippen molar-refractivity contribution in [1.29, 1.82) is 5.26 Å². The average Bonchev–Trinajstić information content (AvgIpc) is 2.63. The Hall–Kier alpha value is -2.41. The Bertz CT molecular complexity index is 787. The van der Waals surface area contributed by atoms with E-state index in [0.29, 0.717) is 41.8 Å². The van der Waals surface area contributed by atoms with Gasteiger partial charge >= 0.3 is 6.03 Å². The fourth-order valence-electron chi connectivity index (χ4n) is 2.42. The first-order valence-corrected chi connectivity index (χ1v) is 8.83. The fraction of sp³-hybridized carbons (Fsp3) is 0.389. The van der Waals surface area contributed by atoms with Crippen LogP contribution in [0.4, 0.5) is 4.79 Å². The Labute approximate surface area is 162 Å². The van der Waals surface area contributed by atoms with Crippen LogP contribution < -0.4 is 5.32 Å². The largest absolute Gasteiger partial charge is 0.338 e. The van der Waals surface area contributed by atoms with Gasteiger partial charge in [-0.25, -0.2) is 4.79 Å². The van der Waals surface area contributed by atoms with Crippen LogP contribution in [0, 0.1) is 23.2 Å². The van der Waals surface area contributed by atoms with Crippen LogP contribution >= 0.6 is 23.2 Å². The number of nitrogens with zero attached hydrogens (tertiary/aromatic N) is 3. The molecule has 1 saturated heterocycles. The van der Waals surface area contributed by atoms with E-state index in [0.717, 1.165) is 0 Å². The minimum absolute atomic E-state index is 0.131. The highest BCUT2D eigenvalue weighted by Crippen LogP contribution is 2.22. The number of benzene rings is 1. The number of nitriles is 1. The molecule has 1 N–H and O–H groups in total. The summed E-state index contributed by atoms with van der Waals surface area (Å²) in [4.78, 5) is 27.2. The number of hydrogen-bond donors (Lipinski definition) is 1. The van der Waals surface area contributed by atoms with Crippen molar-refractivity contribution in [2.45, 2.75) is 19.4 Å². The van der Waals surface area contributed by atoms with E-state index < -0.39 is 0 Å². The zero-order valence-corrected chi connectivity index (χ0v) is 15.8. The topological polar surface area (TPSA) is 76.4 Å². The lowest BCUT2D eigenvalue weighted by atomic mass is 10.2. The molecule has 0 aliphatic carbocycles. The molecule has 136 valence electrons. The average molecular weight is 393 g/mol. The second-order valence-corrected chi connectivity index (χ2v) is 6.59. The van der Waals surface area contributed by atoms with Crippen molar-refractivity contribution in [3.8, 4) is 17.9 Å². The van der Waals surface area contributed by atoms with Crippen molar-refractivity contribution >= 4 is 35.1 Å². The van der Waals surface area contributed by atoms with Crippen molar-refractivity contribution in [2.24, 2.45) is 0 Å². The van der Waals surface area contributed by atoms with Crippen molar-refractivity contribution < 1.29 is 9.59 Å². The molecule has 1 fully saturated rings. The zero-order valence-electron chi connectivity index (χ0n) is 14.3. The van der Waals surface area contributed by atoms with Gasteiger partial charge in [0.2, 0.25) is 5.91 Å². The lowest BCUT2D eigenvalue weighted by Crippen LogP contribution is -2.54. The maximum Gasteiger partial charge on any atom is 0.318 e. The van der Waals surface area contributed by atoms with Gasteiger partial charge in [0, 0.05) is 31.7 Å². The van der Waals surface area contributed by atoms with Crippen molar-refractivity contribution in [3.63, 3.8) is 0 Å². The molecule has 1 aromatic carbocycles. The molecule has 1 aliphatic heterocycles. The minimum atomic E-state index is -0.352. The number of urea groups is 1. The smallest absolute Gasteiger partial charge is 0.318 e. The second kappa shape index (κ2) is 9.33. The number of hydrogen-bond acceptors (Lipinski definition) is 3. The molecule has 8 heteroatoms. The van der Waals surface area contributed by atoms with E-state index in [1.54, 1.807) is 34.9 Å². The van der Waals surface area contributed by atoms with Gasteiger partial charge < -0.3 is 15.1 Å². The van der Waals surface area contributed by atoms with E-state index in [1.807, 2.05) is 6.07 Å². The predicted octanol–water partition coefficient (Wildman–Crippen LogP) is 2.50.